The van der Waals surface area contributed by atoms with Crippen molar-refractivity contribution >= 4 is 12.4 Å². The number of hydrogen-bond donors (Lipinski definition) is 1. The Bertz CT molecular complexity index is 346. The molecule has 1 aliphatic rings. The molecule has 1 heterocycles. The van der Waals surface area contributed by atoms with Crippen molar-refractivity contribution in [1.29, 1.82) is 0 Å². The van der Waals surface area contributed by atoms with Crippen molar-refractivity contribution in [2.24, 2.45) is 0 Å². The average molecular weight is 285 g/mol. The summed E-state index contributed by atoms with van der Waals surface area (Å²) in [4.78, 5) is 2.51. The molecule has 1 saturated heterocycles. The van der Waals surface area contributed by atoms with Crippen LogP contribution in [-0.2, 0) is 6.54 Å². The molecule has 1 aliphatic heterocycles. The molecule has 1 aromatic rings. The number of halogens is 1. The van der Waals surface area contributed by atoms with Crippen LogP contribution in [0, 0.1) is 0 Å². The summed E-state index contributed by atoms with van der Waals surface area (Å²) in [7, 11) is 0. The van der Waals surface area contributed by atoms with Crippen molar-refractivity contribution < 1.29 is 4.74 Å². The molecule has 0 unspecified atom stereocenters. The Kier molecular flexibility index (Phi) is 7.21. The third-order valence-corrected chi connectivity index (χ3v) is 3.13. The minimum atomic E-state index is 0. The fourth-order valence-electron chi connectivity index (χ4n) is 2.26. The zero-order chi connectivity index (χ0) is 12.8. The van der Waals surface area contributed by atoms with E-state index in [1.54, 1.807) is 0 Å². The molecule has 0 radical (unpaired) electrons. The molecule has 0 amide bonds. The third kappa shape index (κ3) is 5.81. The molecule has 0 saturated carbocycles. The van der Waals surface area contributed by atoms with E-state index in [1.807, 2.05) is 0 Å². The van der Waals surface area contributed by atoms with E-state index in [-0.39, 0.29) is 18.5 Å². The highest BCUT2D eigenvalue weighted by Gasteiger charge is 2.08. The fourth-order valence-corrected chi connectivity index (χ4v) is 2.26. The van der Waals surface area contributed by atoms with E-state index in [0.717, 1.165) is 31.9 Å². The van der Waals surface area contributed by atoms with Crippen molar-refractivity contribution in [2.45, 2.75) is 32.9 Å². The molecule has 0 atom stereocenters. The van der Waals surface area contributed by atoms with E-state index < -0.39 is 0 Å². The molecular weight excluding hydrogens is 260 g/mol. The zero-order valence-corrected chi connectivity index (χ0v) is 12.7. The summed E-state index contributed by atoms with van der Waals surface area (Å²) in [5.74, 6) is 0.964. The lowest BCUT2D eigenvalue weighted by atomic mass is 10.2. The molecule has 0 spiro atoms. The first-order valence-electron chi connectivity index (χ1n) is 6.93. The van der Waals surface area contributed by atoms with Crippen molar-refractivity contribution in [2.75, 3.05) is 26.2 Å². The molecule has 3 nitrogen and oxygen atoms in total. The van der Waals surface area contributed by atoms with Gasteiger partial charge in [0.2, 0.25) is 0 Å². The molecular formula is C15H25ClN2O. The van der Waals surface area contributed by atoms with Crippen LogP contribution in [-0.4, -0.2) is 37.2 Å². The SMILES string of the molecule is CC(C)Oc1ccc(CN2CCCNCC2)cc1.Cl. The maximum Gasteiger partial charge on any atom is 0.119 e. The molecule has 19 heavy (non-hydrogen) atoms. The van der Waals surface area contributed by atoms with E-state index >= 15 is 0 Å². The fraction of sp³-hybridized carbons (Fsp3) is 0.600. The molecule has 2 rings (SSSR count). The molecule has 1 N–H and O–H groups in total. The summed E-state index contributed by atoms with van der Waals surface area (Å²) in [6, 6.07) is 8.50. The van der Waals surface area contributed by atoms with Gasteiger partial charge in [-0.25, -0.2) is 0 Å². The van der Waals surface area contributed by atoms with Crippen molar-refractivity contribution in [1.82, 2.24) is 10.2 Å². The van der Waals surface area contributed by atoms with Gasteiger partial charge in [-0.1, -0.05) is 12.1 Å². The van der Waals surface area contributed by atoms with Gasteiger partial charge in [0.25, 0.3) is 0 Å². The number of hydrogen-bond acceptors (Lipinski definition) is 3. The summed E-state index contributed by atoms with van der Waals surface area (Å²) in [5, 5.41) is 3.43. The van der Waals surface area contributed by atoms with Crippen LogP contribution in [0.4, 0.5) is 0 Å². The van der Waals surface area contributed by atoms with Crippen LogP contribution in [0.15, 0.2) is 24.3 Å². The first-order valence-corrected chi connectivity index (χ1v) is 6.93. The molecule has 1 fully saturated rings. The molecule has 108 valence electrons. The predicted molar refractivity (Wildman–Crippen MR) is 82.2 cm³/mol. The minimum Gasteiger partial charge on any atom is -0.491 e. The minimum absolute atomic E-state index is 0. The second-order valence-corrected chi connectivity index (χ2v) is 5.19. The summed E-state index contributed by atoms with van der Waals surface area (Å²) < 4.78 is 5.66. The highest BCUT2D eigenvalue weighted by atomic mass is 35.5. The van der Waals surface area contributed by atoms with Crippen LogP contribution >= 0.6 is 12.4 Å². The molecule has 1 aromatic carbocycles. The van der Waals surface area contributed by atoms with E-state index in [9.17, 15) is 0 Å². The number of rotatable bonds is 4. The quantitative estimate of drug-likeness (QED) is 0.920. The maximum atomic E-state index is 5.66. The Balaban J connectivity index is 0.00000180. The first kappa shape index (κ1) is 16.3. The maximum absolute atomic E-state index is 5.66. The van der Waals surface area contributed by atoms with Crippen LogP contribution in [0.25, 0.3) is 0 Å². The Hall–Kier alpha value is -0.770. The van der Waals surface area contributed by atoms with Gasteiger partial charge in [-0.15, -0.1) is 12.4 Å². The summed E-state index contributed by atoms with van der Waals surface area (Å²) >= 11 is 0. The van der Waals surface area contributed by atoms with Gasteiger partial charge in [0.15, 0.2) is 0 Å². The smallest absolute Gasteiger partial charge is 0.119 e. The van der Waals surface area contributed by atoms with Crippen molar-refractivity contribution in [3.8, 4) is 5.75 Å². The lowest BCUT2D eigenvalue weighted by molar-refractivity contribution is 0.242. The van der Waals surface area contributed by atoms with Crippen molar-refractivity contribution in [3.05, 3.63) is 29.8 Å². The van der Waals surface area contributed by atoms with E-state index in [4.69, 9.17) is 4.74 Å². The van der Waals surface area contributed by atoms with Gasteiger partial charge >= 0.3 is 0 Å². The van der Waals surface area contributed by atoms with Crippen LogP contribution in [0.3, 0.4) is 0 Å². The lowest BCUT2D eigenvalue weighted by Gasteiger charge is -2.19. The van der Waals surface area contributed by atoms with Gasteiger partial charge in [-0.2, -0.15) is 0 Å². The molecule has 4 heteroatoms. The molecule has 0 aliphatic carbocycles. The van der Waals surface area contributed by atoms with Crippen LogP contribution in [0.2, 0.25) is 0 Å². The number of ether oxygens (including phenoxy) is 1. The lowest BCUT2D eigenvalue weighted by Crippen LogP contribution is -2.27. The monoisotopic (exact) mass is 284 g/mol. The summed E-state index contributed by atoms with van der Waals surface area (Å²) in [6.07, 6.45) is 1.49. The predicted octanol–water partition coefficient (Wildman–Crippen LogP) is 2.69. The third-order valence-electron chi connectivity index (χ3n) is 3.13. The zero-order valence-electron chi connectivity index (χ0n) is 11.9. The second kappa shape index (κ2) is 8.41. The van der Waals surface area contributed by atoms with Gasteiger partial charge in [0, 0.05) is 19.6 Å². The highest BCUT2D eigenvalue weighted by molar-refractivity contribution is 5.85. The molecule has 0 bridgehead atoms. The van der Waals surface area contributed by atoms with Gasteiger partial charge < -0.3 is 10.1 Å². The van der Waals surface area contributed by atoms with Crippen molar-refractivity contribution in [3.63, 3.8) is 0 Å². The Morgan fingerprint density at radius 2 is 1.89 bits per heavy atom. The summed E-state index contributed by atoms with van der Waals surface area (Å²) in [6.45, 7) is 9.74. The number of benzene rings is 1. The van der Waals surface area contributed by atoms with Gasteiger partial charge in [-0.3, -0.25) is 4.90 Å². The highest BCUT2D eigenvalue weighted by Crippen LogP contribution is 2.15. The molecule has 0 aromatic heterocycles. The van der Waals surface area contributed by atoms with E-state index in [2.05, 4.69) is 48.3 Å². The second-order valence-electron chi connectivity index (χ2n) is 5.19. The van der Waals surface area contributed by atoms with E-state index in [1.165, 1.54) is 18.5 Å². The van der Waals surface area contributed by atoms with Crippen LogP contribution in [0.1, 0.15) is 25.8 Å². The normalized spacial score (nSPS) is 16.8. The first-order chi connectivity index (χ1) is 8.74. The van der Waals surface area contributed by atoms with Gasteiger partial charge in [0.05, 0.1) is 6.10 Å². The topological polar surface area (TPSA) is 24.5 Å². The summed E-state index contributed by atoms with van der Waals surface area (Å²) in [5.41, 5.74) is 1.37. The average Bonchev–Trinajstić information content (AvgIpc) is 2.60. The van der Waals surface area contributed by atoms with Gasteiger partial charge in [0.1, 0.15) is 5.75 Å². The Morgan fingerprint density at radius 1 is 1.16 bits per heavy atom. The van der Waals surface area contributed by atoms with Crippen LogP contribution < -0.4 is 10.1 Å². The van der Waals surface area contributed by atoms with E-state index in [0.29, 0.717) is 0 Å². The largest absolute Gasteiger partial charge is 0.491 e. The Morgan fingerprint density at radius 3 is 2.58 bits per heavy atom. The number of nitrogens with zero attached hydrogens (tertiary/aromatic N) is 1. The Labute approximate surface area is 122 Å². The standard InChI is InChI=1S/C15H24N2O.ClH/c1-13(2)18-15-6-4-14(5-7-15)12-17-10-3-8-16-9-11-17;/h4-7,13,16H,3,8-12H2,1-2H3;1H. The number of nitrogens with one attached hydrogen (secondary N) is 1. The van der Waals surface area contributed by atoms with Gasteiger partial charge in [-0.05, 0) is 51.1 Å². The van der Waals surface area contributed by atoms with Crippen LogP contribution in [0.5, 0.6) is 5.75 Å².